The fourth-order valence-electron chi connectivity index (χ4n) is 7.99. The van der Waals surface area contributed by atoms with Crippen LogP contribution in [0.3, 0.4) is 0 Å². The zero-order chi connectivity index (χ0) is 47.1. The number of likely N-dealkylation sites (N-methyl/N-ethyl adjacent to an activating group) is 1. The number of unbranched alkanes of at least 4 members (excludes halogenated alkanes) is 33. The highest BCUT2D eigenvalue weighted by atomic mass is 31.2. The van der Waals surface area contributed by atoms with E-state index in [9.17, 15) is 19.4 Å². The van der Waals surface area contributed by atoms with Gasteiger partial charge >= 0.3 is 7.82 Å². The van der Waals surface area contributed by atoms with E-state index in [1.54, 1.807) is 6.08 Å². The zero-order valence-corrected chi connectivity index (χ0v) is 43.9. The van der Waals surface area contributed by atoms with Gasteiger partial charge in [-0.15, -0.1) is 0 Å². The van der Waals surface area contributed by atoms with Gasteiger partial charge in [0.15, 0.2) is 0 Å². The number of phosphoric acid groups is 1. The van der Waals surface area contributed by atoms with E-state index in [4.69, 9.17) is 9.05 Å². The van der Waals surface area contributed by atoms with E-state index in [1.165, 1.54) is 199 Å². The predicted octanol–water partition coefficient (Wildman–Crippen LogP) is 16.2. The molecule has 0 aromatic heterocycles. The van der Waals surface area contributed by atoms with Crippen molar-refractivity contribution >= 4 is 13.7 Å². The molecule has 0 aromatic rings. The smallest absolute Gasteiger partial charge is 0.387 e. The van der Waals surface area contributed by atoms with Crippen LogP contribution < -0.4 is 5.32 Å². The summed E-state index contributed by atoms with van der Waals surface area (Å²) in [5.74, 6) is -0.187. The third kappa shape index (κ3) is 48.6. The first-order valence-electron chi connectivity index (χ1n) is 27.4. The molecule has 3 N–H and O–H groups in total. The topological polar surface area (TPSA) is 105 Å². The summed E-state index contributed by atoms with van der Waals surface area (Å²) < 4.78 is 23.7. The van der Waals surface area contributed by atoms with E-state index in [1.807, 2.05) is 27.2 Å². The number of carbonyl (C=O) groups excluding carboxylic acids is 1. The lowest BCUT2D eigenvalue weighted by molar-refractivity contribution is -0.870. The molecule has 0 bridgehead atoms. The first-order valence-corrected chi connectivity index (χ1v) is 28.9. The largest absolute Gasteiger partial charge is 0.472 e. The molecule has 3 unspecified atom stereocenters. The van der Waals surface area contributed by atoms with Crippen LogP contribution in [0.5, 0.6) is 0 Å². The number of hydrogen-bond acceptors (Lipinski definition) is 5. The lowest BCUT2D eigenvalue weighted by Crippen LogP contribution is -2.45. The first kappa shape index (κ1) is 62.7. The molecule has 9 heteroatoms. The molecule has 0 saturated heterocycles. The predicted molar refractivity (Wildman–Crippen MR) is 277 cm³/mol. The summed E-state index contributed by atoms with van der Waals surface area (Å²) in [7, 11) is 1.56. The zero-order valence-electron chi connectivity index (χ0n) is 43.0. The van der Waals surface area contributed by atoms with E-state index in [0.717, 1.165) is 38.5 Å². The number of quaternary nitrogens is 1. The van der Waals surface area contributed by atoms with Gasteiger partial charge in [0.2, 0.25) is 5.91 Å². The molecule has 0 aliphatic heterocycles. The molecule has 8 nitrogen and oxygen atoms in total. The molecule has 378 valence electrons. The molecule has 0 radical (unpaired) electrons. The van der Waals surface area contributed by atoms with Gasteiger partial charge in [0.05, 0.1) is 39.9 Å². The fourth-order valence-corrected chi connectivity index (χ4v) is 8.73. The lowest BCUT2D eigenvalue weighted by Gasteiger charge is -2.25. The van der Waals surface area contributed by atoms with Crippen LogP contribution in [0, 0.1) is 0 Å². The maximum absolute atomic E-state index is 12.9. The lowest BCUT2D eigenvalue weighted by atomic mass is 10.0. The second kappa shape index (κ2) is 46.8. The van der Waals surface area contributed by atoms with Crippen LogP contribution in [0.1, 0.15) is 258 Å². The van der Waals surface area contributed by atoms with Gasteiger partial charge in [0.1, 0.15) is 13.2 Å². The molecule has 0 saturated carbocycles. The minimum atomic E-state index is -4.35. The Hall–Kier alpha value is -1.28. The number of phosphoric ester groups is 1. The molecule has 0 aromatic carbocycles. The quantitative estimate of drug-likeness (QED) is 0.0243. The van der Waals surface area contributed by atoms with Crippen molar-refractivity contribution in [3.8, 4) is 0 Å². The number of nitrogens with one attached hydrogen (secondary N) is 1. The van der Waals surface area contributed by atoms with Crippen molar-refractivity contribution in [1.82, 2.24) is 5.32 Å². The highest BCUT2D eigenvalue weighted by Gasteiger charge is 2.27. The van der Waals surface area contributed by atoms with Gasteiger partial charge in [0.25, 0.3) is 0 Å². The fraction of sp³-hybridized carbons (Fsp3) is 0.873. The Morgan fingerprint density at radius 2 is 0.859 bits per heavy atom. The van der Waals surface area contributed by atoms with Gasteiger partial charge in [-0.1, -0.05) is 230 Å². The highest BCUT2D eigenvalue weighted by Crippen LogP contribution is 2.43. The number of carbonyl (C=O) groups is 1. The van der Waals surface area contributed by atoms with Crippen molar-refractivity contribution < 1.29 is 32.9 Å². The summed E-state index contributed by atoms with van der Waals surface area (Å²) >= 11 is 0. The molecule has 0 spiro atoms. The summed E-state index contributed by atoms with van der Waals surface area (Å²) in [5, 5.41) is 13.9. The minimum Gasteiger partial charge on any atom is -0.387 e. The van der Waals surface area contributed by atoms with Crippen LogP contribution in [0.15, 0.2) is 36.5 Å². The molecule has 0 fully saturated rings. The second-order valence-electron chi connectivity index (χ2n) is 19.9. The van der Waals surface area contributed by atoms with Gasteiger partial charge in [0, 0.05) is 6.42 Å². The molecule has 0 aliphatic rings. The second-order valence-corrected chi connectivity index (χ2v) is 21.4. The third-order valence-corrected chi connectivity index (χ3v) is 13.3. The molecule has 0 rings (SSSR count). The summed E-state index contributed by atoms with van der Waals surface area (Å²) in [6.07, 6.45) is 59.5. The Bertz CT molecular complexity index is 1140. The monoisotopic (exact) mass is 924 g/mol. The Morgan fingerprint density at radius 1 is 0.516 bits per heavy atom. The van der Waals surface area contributed by atoms with Crippen molar-refractivity contribution in [2.24, 2.45) is 0 Å². The molecule has 0 heterocycles. The number of aliphatic hydroxyl groups is 1. The number of hydrogen-bond donors (Lipinski definition) is 3. The average Bonchev–Trinajstić information content (AvgIpc) is 3.25. The summed E-state index contributed by atoms with van der Waals surface area (Å²) in [6, 6.07) is -0.864. The van der Waals surface area contributed by atoms with Crippen LogP contribution in [0.25, 0.3) is 0 Å². The SMILES string of the molecule is CCCCCCCCCC/C=C\CCCCCCCCCCCC(=O)NC(COP(=O)(O)OCC[N+](C)(C)C)C(O)/C=C/CC/C=C/CCCCCCCCCCCCCCCCC. The Labute approximate surface area is 397 Å². The number of allylic oxidation sites excluding steroid dienone is 5. The van der Waals surface area contributed by atoms with Crippen LogP contribution in [-0.4, -0.2) is 73.4 Å². The van der Waals surface area contributed by atoms with Gasteiger partial charge < -0.3 is 19.8 Å². The number of aliphatic hydroxyl groups excluding tert-OH is 1. The Balaban J connectivity index is 4.30. The molecule has 3 atom stereocenters. The number of nitrogens with zero attached hydrogens (tertiary/aromatic N) is 1. The van der Waals surface area contributed by atoms with E-state index in [0.29, 0.717) is 17.4 Å². The van der Waals surface area contributed by atoms with E-state index >= 15 is 0 Å². The van der Waals surface area contributed by atoms with Crippen molar-refractivity contribution in [2.75, 3.05) is 40.9 Å². The summed E-state index contributed by atoms with van der Waals surface area (Å²) in [5.41, 5.74) is 0. The van der Waals surface area contributed by atoms with Crippen LogP contribution >= 0.6 is 7.82 Å². The Morgan fingerprint density at radius 3 is 1.25 bits per heavy atom. The molecular weight excluding hydrogens is 816 g/mol. The standard InChI is InChI=1S/C55H107N2O6P/c1-6-8-10-12-14-16-18-20-22-24-26-28-30-32-34-36-38-40-42-44-46-48-54(58)53(52-63-64(60,61)62-51-50-57(3,4)5)56-55(59)49-47-45-43-41-39-37-35-33-31-29-27-25-23-21-19-17-15-13-11-9-7-2/h25,27,38,40,46,48,53-54,58H,6-24,26,28-37,39,41-45,47,49-52H2,1-5H3,(H-,56,59,60,61)/p+1/b27-25-,40-38+,48-46+. The van der Waals surface area contributed by atoms with E-state index < -0.39 is 20.0 Å². The van der Waals surface area contributed by atoms with Gasteiger partial charge in [-0.2, -0.15) is 0 Å². The van der Waals surface area contributed by atoms with Gasteiger partial charge in [-0.3, -0.25) is 13.8 Å². The summed E-state index contributed by atoms with van der Waals surface area (Å²) in [6.45, 7) is 4.82. The van der Waals surface area contributed by atoms with Crippen LogP contribution in [0.4, 0.5) is 0 Å². The van der Waals surface area contributed by atoms with Gasteiger partial charge in [-0.05, 0) is 57.8 Å². The maximum Gasteiger partial charge on any atom is 0.472 e. The molecule has 64 heavy (non-hydrogen) atoms. The maximum atomic E-state index is 12.9. The van der Waals surface area contributed by atoms with Crippen molar-refractivity contribution in [3.05, 3.63) is 36.5 Å². The molecule has 1 amide bonds. The number of amides is 1. The van der Waals surface area contributed by atoms with E-state index in [2.05, 4.69) is 43.5 Å². The molecular formula is C55H108N2O6P+. The normalized spacial score (nSPS) is 14.3. The van der Waals surface area contributed by atoms with Crippen LogP contribution in [-0.2, 0) is 18.4 Å². The molecule has 0 aliphatic carbocycles. The van der Waals surface area contributed by atoms with Crippen molar-refractivity contribution in [3.63, 3.8) is 0 Å². The Kier molecular flexibility index (Phi) is 45.9. The first-order chi connectivity index (χ1) is 31.0. The highest BCUT2D eigenvalue weighted by molar-refractivity contribution is 7.47. The average molecular weight is 924 g/mol. The van der Waals surface area contributed by atoms with Crippen molar-refractivity contribution in [1.29, 1.82) is 0 Å². The van der Waals surface area contributed by atoms with E-state index in [-0.39, 0.29) is 19.1 Å². The summed E-state index contributed by atoms with van der Waals surface area (Å²) in [4.78, 5) is 23.3. The third-order valence-electron chi connectivity index (χ3n) is 12.3. The number of rotatable bonds is 50. The van der Waals surface area contributed by atoms with Crippen molar-refractivity contribution in [2.45, 2.75) is 270 Å². The van der Waals surface area contributed by atoms with Crippen LogP contribution in [0.2, 0.25) is 0 Å². The van der Waals surface area contributed by atoms with Gasteiger partial charge in [-0.25, -0.2) is 4.57 Å². The minimum absolute atomic E-state index is 0.0563.